The van der Waals surface area contributed by atoms with E-state index < -0.39 is 17.5 Å². The number of aromatic nitrogens is 3. The number of rotatable bonds is 7. The van der Waals surface area contributed by atoms with Gasteiger partial charge in [0.2, 0.25) is 0 Å². The van der Waals surface area contributed by atoms with Gasteiger partial charge in [-0.1, -0.05) is 24.3 Å². The van der Waals surface area contributed by atoms with Crippen molar-refractivity contribution in [2.24, 2.45) is 0 Å². The highest BCUT2D eigenvalue weighted by Crippen LogP contribution is 2.31. The van der Waals surface area contributed by atoms with Crippen LogP contribution >= 0.6 is 23.7 Å². The van der Waals surface area contributed by atoms with Crippen molar-refractivity contribution >= 4 is 45.0 Å². The fourth-order valence-electron chi connectivity index (χ4n) is 3.19. The van der Waals surface area contributed by atoms with Gasteiger partial charge in [0, 0.05) is 31.0 Å². The van der Waals surface area contributed by atoms with E-state index in [4.69, 9.17) is 0 Å². The highest BCUT2D eigenvalue weighted by atomic mass is 35.5. The van der Waals surface area contributed by atoms with Crippen molar-refractivity contribution in [3.8, 4) is 0 Å². The Hall–Kier alpha value is -2.84. The van der Waals surface area contributed by atoms with Gasteiger partial charge < -0.3 is 4.57 Å². The van der Waals surface area contributed by atoms with Crippen LogP contribution in [-0.2, 0) is 13.0 Å². The van der Waals surface area contributed by atoms with Gasteiger partial charge in [0.25, 0.3) is 5.91 Å². The molecule has 0 unspecified atom stereocenters. The fourth-order valence-corrected chi connectivity index (χ4v) is 4.25. The van der Waals surface area contributed by atoms with Crippen molar-refractivity contribution < 1.29 is 13.6 Å². The number of benzene rings is 2. The smallest absolute Gasteiger partial charge is 0.260 e. The molecule has 4 rings (SSSR count). The number of fused-ring (bicyclic) bond motifs is 1. The molecule has 162 valence electrons. The third kappa shape index (κ3) is 5.08. The van der Waals surface area contributed by atoms with Crippen molar-refractivity contribution in [1.82, 2.24) is 14.5 Å². The largest absolute Gasteiger partial charge is 0.337 e. The Morgan fingerprint density at radius 3 is 2.71 bits per heavy atom. The maximum atomic E-state index is 13.7. The maximum absolute atomic E-state index is 13.7. The van der Waals surface area contributed by atoms with E-state index in [2.05, 4.69) is 23.0 Å². The zero-order valence-corrected chi connectivity index (χ0v) is 18.4. The first-order valence-electron chi connectivity index (χ1n) is 9.67. The summed E-state index contributed by atoms with van der Waals surface area (Å²) in [6.07, 6.45) is 6.83. The van der Waals surface area contributed by atoms with E-state index >= 15 is 0 Å². The molecular formula is C22H21ClF2N4OS. The Bertz CT molecular complexity index is 1180. The molecule has 2 heterocycles. The van der Waals surface area contributed by atoms with Crippen molar-refractivity contribution in [2.75, 3.05) is 11.4 Å². The standard InChI is InChI=1S/C22H20F2N4OS.ClH/c1-2-15-4-7-19-20(12-15)30-22(26-19)28(10-3-9-27-11-8-25-14-27)21(29)16-5-6-17(23)18(24)13-16;/h4-8,11-14H,2-3,9-10H2,1H3;1H. The van der Waals surface area contributed by atoms with Crippen LogP contribution in [0.5, 0.6) is 0 Å². The van der Waals surface area contributed by atoms with Crippen LogP contribution in [-0.4, -0.2) is 27.0 Å². The predicted molar refractivity (Wildman–Crippen MR) is 121 cm³/mol. The second-order valence-electron chi connectivity index (χ2n) is 6.89. The second-order valence-corrected chi connectivity index (χ2v) is 7.90. The molecule has 0 aliphatic rings. The summed E-state index contributed by atoms with van der Waals surface area (Å²) in [6, 6.07) is 9.24. The first-order chi connectivity index (χ1) is 14.5. The Morgan fingerprint density at radius 2 is 2.00 bits per heavy atom. The number of thiazole rings is 1. The monoisotopic (exact) mass is 462 g/mol. The number of hydrogen-bond donors (Lipinski definition) is 0. The summed E-state index contributed by atoms with van der Waals surface area (Å²) in [6.45, 7) is 3.14. The normalized spacial score (nSPS) is 10.8. The Kier molecular flexibility index (Phi) is 7.35. The van der Waals surface area contributed by atoms with E-state index in [0.29, 0.717) is 24.6 Å². The summed E-state index contributed by atoms with van der Waals surface area (Å²) in [4.78, 5) is 23.4. The number of halogens is 3. The Balaban J connectivity index is 0.00000272. The molecule has 1 amide bonds. The number of amides is 1. The molecule has 0 fully saturated rings. The number of carbonyl (C=O) groups is 1. The summed E-state index contributed by atoms with van der Waals surface area (Å²) < 4.78 is 30.0. The minimum atomic E-state index is -1.05. The molecular weight excluding hydrogens is 442 g/mol. The summed E-state index contributed by atoms with van der Waals surface area (Å²) in [5.74, 6) is -2.43. The minimum Gasteiger partial charge on any atom is -0.337 e. The van der Waals surface area contributed by atoms with Crippen molar-refractivity contribution in [3.05, 3.63) is 77.9 Å². The molecule has 0 aliphatic carbocycles. The van der Waals surface area contributed by atoms with E-state index in [1.807, 2.05) is 22.9 Å². The van der Waals surface area contributed by atoms with Gasteiger partial charge in [0.1, 0.15) is 0 Å². The molecule has 2 aromatic carbocycles. The zero-order chi connectivity index (χ0) is 21.1. The van der Waals surface area contributed by atoms with Crippen LogP contribution < -0.4 is 4.90 Å². The zero-order valence-electron chi connectivity index (χ0n) is 16.8. The van der Waals surface area contributed by atoms with Gasteiger partial charge in [-0.3, -0.25) is 9.69 Å². The average Bonchev–Trinajstić information content (AvgIpc) is 3.41. The van der Waals surface area contributed by atoms with Crippen LogP contribution in [0.2, 0.25) is 0 Å². The molecule has 0 bridgehead atoms. The van der Waals surface area contributed by atoms with E-state index in [1.54, 1.807) is 17.4 Å². The van der Waals surface area contributed by atoms with Crippen LogP contribution in [0, 0.1) is 11.6 Å². The first kappa shape index (κ1) is 22.8. The van der Waals surface area contributed by atoms with Crippen LogP contribution in [0.3, 0.4) is 0 Å². The van der Waals surface area contributed by atoms with Gasteiger partial charge in [-0.2, -0.15) is 0 Å². The van der Waals surface area contributed by atoms with Gasteiger partial charge in [-0.25, -0.2) is 18.7 Å². The molecule has 4 aromatic rings. The van der Waals surface area contributed by atoms with E-state index in [0.717, 1.165) is 28.8 Å². The highest BCUT2D eigenvalue weighted by Gasteiger charge is 2.22. The summed E-state index contributed by atoms with van der Waals surface area (Å²) in [5, 5.41) is 0.540. The van der Waals surface area contributed by atoms with Gasteiger partial charge in [-0.15, -0.1) is 12.4 Å². The van der Waals surface area contributed by atoms with Gasteiger partial charge >= 0.3 is 0 Å². The third-order valence-electron chi connectivity index (χ3n) is 4.85. The molecule has 0 N–H and O–H groups in total. The number of aryl methyl sites for hydroxylation is 2. The van der Waals surface area contributed by atoms with Crippen LogP contribution in [0.25, 0.3) is 10.2 Å². The van der Waals surface area contributed by atoms with Crippen molar-refractivity contribution in [1.29, 1.82) is 0 Å². The molecule has 9 heteroatoms. The topological polar surface area (TPSA) is 51.0 Å². The molecule has 0 atom stereocenters. The van der Waals surface area contributed by atoms with Gasteiger partial charge in [0.15, 0.2) is 16.8 Å². The van der Waals surface area contributed by atoms with E-state index in [1.165, 1.54) is 23.0 Å². The molecule has 2 aromatic heterocycles. The number of imidazole rings is 1. The fraction of sp³-hybridized carbons (Fsp3) is 0.227. The maximum Gasteiger partial charge on any atom is 0.260 e. The van der Waals surface area contributed by atoms with Crippen LogP contribution in [0.15, 0.2) is 55.1 Å². The Labute approximate surface area is 188 Å². The third-order valence-corrected chi connectivity index (χ3v) is 5.89. The predicted octanol–water partition coefficient (Wildman–Crippen LogP) is 5.49. The molecule has 0 saturated heterocycles. The molecule has 0 spiro atoms. The van der Waals surface area contributed by atoms with Gasteiger partial charge in [0.05, 0.1) is 16.5 Å². The Morgan fingerprint density at radius 1 is 1.16 bits per heavy atom. The SMILES string of the molecule is CCc1ccc2nc(N(CCCn3ccnc3)C(=O)c3ccc(F)c(F)c3)sc2c1.Cl. The number of anilines is 1. The minimum absolute atomic E-state index is 0. The molecule has 0 radical (unpaired) electrons. The van der Waals surface area contributed by atoms with Gasteiger partial charge in [-0.05, 0) is 48.7 Å². The lowest BCUT2D eigenvalue weighted by Gasteiger charge is -2.20. The van der Waals surface area contributed by atoms with Crippen molar-refractivity contribution in [2.45, 2.75) is 26.3 Å². The van der Waals surface area contributed by atoms with Crippen LogP contribution in [0.4, 0.5) is 13.9 Å². The second kappa shape index (κ2) is 9.98. The van der Waals surface area contributed by atoms with E-state index in [-0.39, 0.29) is 18.0 Å². The summed E-state index contributed by atoms with van der Waals surface area (Å²) in [5.41, 5.74) is 2.09. The molecule has 0 saturated carbocycles. The highest BCUT2D eigenvalue weighted by molar-refractivity contribution is 7.22. The molecule has 31 heavy (non-hydrogen) atoms. The summed E-state index contributed by atoms with van der Waals surface area (Å²) in [7, 11) is 0. The molecule has 5 nitrogen and oxygen atoms in total. The first-order valence-corrected chi connectivity index (χ1v) is 10.5. The van der Waals surface area contributed by atoms with Crippen LogP contribution in [0.1, 0.15) is 29.3 Å². The molecule has 0 aliphatic heterocycles. The number of hydrogen-bond acceptors (Lipinski definition) is 4. The number of nitrogens with zero attached hydrogens (tertiary/aromatic N) is 4. The lowest BCUT2D eigenvalue weighted by atomic mass is 10.2. The average molecular weight is 463 g/mol. The quantitative estimate of drug-likeness (QED) is 0.365. The summed E-state index contributed by atoms with van der Waals surface area (Å²) >= 11 is 1.42. The van der Waals surface area contributed by atoms with Crippen molar-refractivity contribution in [3.63, 3.8) is 0 Å². The number of carbonyl (C=O) groups excluding carboxylic acids is 1. The lowest BCUT2D eigenvalue weighted by Crippen LogP contribution is -2.32. The lowest BCUT2D eigenvalue weighted by molar-refractivity contribution is 0.0985. The van der Waals surface area contributed by atoms with E-state index in [9.17, 15) is 13.6 Å².